The van der Waals surface area contributed by atoms with Gasteiger partial charge in [-0.1, -0.05) is 11.6 Å². The van der Waals surface area contributed by atoms with E-state index in [9.17, 15) is 26.4 Å². The molecule has 1 fully saturated rings. The molecule has 1 aliphatic rings. The summed E-state index contributed by atoms with van der Waals surface area (Å²) in [6, 6.07) is 3.18. The van der Waals surface area contributed by atoms with Gasteiger partial charge >= 0.3 is 12.1 Å². The van der Waals surface area contributed by atoms with Crippen molar-refractivity contribution in [1.82, 2.24) is 0 Å². The molecule has 1 aromatic carbocycles. The first-order valence-electron chi connectivity index (χ1n) is 6.96. The lowest BCUT2D eigenvalue weighted by Gasteiger charge is -2.14. The van der Waals surface area contributed by atoms with Gasteiger partial charge in [0.1, 0.15) is 5.75 Å². The van der Waals surface area contributed by atoms with E-state index in [0.29, 0.717) is 0 Å². The van der Waals surface area contributed by atoms with Gasteiger partial charge in [-0.25, -0.2) is 8.42 Å². The molecule has 0 bridgehead atoms. The molecule has 134 valence electrons. The minimum absolute atomic E-state index is 0.0136. The Balaban J connectivity index is 2.18. The van der Waals surface area contributed by atoms with Gasteiger partial charge in [0.05, 0.1) is 21.1 Å². The maximum atomic E-state index is 12.6. The third-order valence-electron chi connectivity index (χ3n) is 3.78. The van der Waals surface area contributed by atoms with Crippen molar-refractivity contribution in [3.05, 3.63) is 23.2 Å². The van der Waals surface area contributed by atoms with Crippen LogP contribution in [0.1, 0.15) is 19.3 Å². The quantitative estimate of drug-likeness (QED) is 0.839. The molecule has 0 unspecified atom stereocenters. The van der Waals surface area contributed by atoms with Crippen LogP contribution in [0.2, 0.25) is 5.02 Å². The molecular formula is C14H14ClF3O5S. The Hall–Kier alpha value is -1.48. The highest BCUT2D eigenvalue weighted by Gasteiger charge is 2.39. The topological polar surface area (TPSA) is 80.7 Å². The summed E-state index contributed by atoms with van der Waals surface area (Å²) in [6.45, 7) is -1.52. The molecule has 0 aliphatic heterocycles. The second-order valence-electron chi connectivity index (χ2n) is 5.51. The lowest BCUT2D eigenvalue weighted by Crippen LogP contribution is -2.21. The first-order chi connectivity index (χ1) is 11.0. The molecule has 10 heteroatoms. The highest BCUT2D eigenvalue weighted by molar-refractivity contribution is 7.92. The van der Waals surface area contributed by atoms with Crippen LogP contribution in [0.3, 0.4) is 0 Å². The summed E-state index contributed by atoms with van der Waals surface area (Å²) in [5.74, 6) is -1.97. The molecule has 0 saturated heterocycles. The van der Waals surface area contributed by atoms with Gasteiger partial charge in [0.15, 0.2) is 16.4 Å². The highest BCUT2D eigenvalue weighted by Crippen LogP contribution is 2.37. The van der Waals surface area contributed by atoms with Crippen molar-refractivity contribution < 1.29 is 36.2 Å². The molecule has 1 aliphatic carbocycles. The zero-order valence-corrected chi connectivity index (χ0v) is 13.8. The third-order valence-corrected chi connectivity index (χ3v) is 6.48. The van der Waals surface area contributed by atoms with Crippen LogP contribution in [0.5, 0.6) is 5.75 Å². The fraction of sp³-hybridized carbons (Fsp3) is 0.500. The molecule has 1 N–H and O–H groups in total. The van der Waals surface area contributed by atoms with Gasteiger partial charge in [-0.2, -0.15) is 13.2 Å². The second kappa shape index (κ2) is 6.79. The fourth-order valence-corrected chi connectivity index (χ4v) is 4.97. The molecule has 0 radical (unpaired) electrons. The van der Waals surface area contributed by atoms with Crippen LogP contribution in [-0.2, 0) is 14.6 Å². The monoisotopic (exact) mass is 386 g/mol. The Morgan fingerprint density at radius 1 is 1.33 bits per heavy atom. The maximum absolute atomic E-state index is 12.6. The molecule has 5 nitrogen and oxygen atoms in total. The first-order valence-corrected chi connectivity index (χ1v) is 8.89. The minimum atomic E-state index is -4.52. The maximum Gasteiger partial charge on any atom is 0.422 e. The van der Waals surface area contributed by atoms with E-state index in [0.717, 1.165) is 18.2 Å². The summed E-state index contributed by atoms with van der Waals surface area (Å²) in [4.78, 5) is 10.7. The Bertz CT molecular complexity index is 732. The first kappa shape index (κ1) is 18.9. The van der Waals surface area contributed by atoms with Crippen molar-refractivity contribution in [1.29, 1.82) is 0 Å². The van der Waals surface area contributed by atoms with E-state index in [1.807, 2.05) is 0 Å². The van der Waals surface area contributed by atoms with E-state index in [2.05, 4.69) is 4.74 Å². The van der Waals surface area contributed by atoms with Crippen LogP contribution < -0.4 is 4.74 Å². The summed E-state index contributed by atoms with van der Waals surface area (Å²) in [5.41, 5.74) is 0. The number of sulfone groups is 1. The van der Waals surface area contributed by atoms with Crippen molar-refractivity contribution in [2.24, 2.45) is 5.92 Å². The van der Waals surface area contributed by atoms with Crippen LogP contribution in [0.15, 0.2) is 23.1 Å². The van der Waals surface area contributed by atoms with Gasteiger partial charge in [-0.15, -0.1) is 0 Å². The summed E-state index contributed by atoms with van der Waals surface area (Å²) in [7, 11) is -3.87. The van der Waals surface area contributed by atoms with E-state index in [-0.39, 0.29) is 34.9 Å². The number of benzene rings is 1. The van der Waals surface area contributed by atoms with Crippen LogP contribution in [0, 0.1) is 5.92 Å². The van der Waals surface area contributed by atoms with Gasteiger partial charge in [0.2, 0.25) is 0 Å². The molecule has 2 rings (SSSR count). The Morgan fingerprint density at radius 2 is 2.00 bits per heavy atom. The number of rotatable bonds is 5. The van der Waals surface area contributed by atoms with E-state index < -0.39 is 39.8 Å². The molecule has 1 aromatic rings. The van der Waals surface area contributed by atoms with Crippen molar-refractivity contribution in [2.45, 2.75) is 35.6 Å². The number of halogens is 4. The van der Waals surface area contributed by atoms with Gasteiger partial charge < -0.3 is 9.84 Å². The van der Waals surface area contributed by atoms with Crippen LogP contribution in [0.4, 0.5) is 13.2 Å². The minimum Gasteiger partial charge on any atom is -0.484 e. The van der Waals surface area contributed by atoms with Gasteiger partial charge in [-0.05, 0) is 31.4 Å². The zero-order chi connectivity index (χ0) is 18.1. The summed E-state index contributed by atoms with van der Waals surface area (Å²) < 4.78 is 66.0. The number of ether oxygens (including phenoxy) is 1. The van der Waals surface area contributed by atoms with Gasteiger partial charge in [0, 0.05) is 6.07 Å². The largest absolute Gasteiger partial charge is 0.484 e. The number of hydrogen-bond acceptors (Lipinski definition) is 4. The number of hydrogen-bond donors (Lipinski definition) is 1. The standard InChI is InChI=1S/C14H14ClF3O5S/c15-11-6-9(23-7-14(16,17)18)2-4-12(11)24(21,22)10-3-1-8(5-10)13(19)20/h2,4,6,8,10H,1,3,5,7H2,(H,19,20)/t8-,10+/m0/s1. The Kier molecular flexibility index (Phi) is 5.34. The van der Waals surface area contributed by atoms with Crippen molar-refractivity contribution in [3.8, 4) is 5.75 Å². The number of alkyl halides is 3. The lowest BCUT2D eigenvalue weighted by molar-refractivity contribution is -0.153. The van der Waals surface area contributed by atoms with E-state index in [1.54, 1.807) is 0 Å². The van der Waals surface area contributed by atoms with Crippen LogP contribution >= 0.6 is 11.6 Å². The summed E-state index contributed by atoms with van der Waals surface area (Å²) in [5, 5.41) is 7.82. The highest BCUT2D eigenvalue weighted by atomic mass is 35.5. The van der Waals surface area contributed by atoms with Gasteiger partial charge in [-0.3, -0.25) is 4.79 Å². The van der Waals surface area contributed by atoms with Gasteiger partial charge in [0.25, 0.3) is 0 Å². The molecule has 2 atom stereocenters. The number of carboxylic acid groups (broad SMARTS) is 1. The third kappa shape index (κ3) is 4.32. The average molecular weight is 387 g/mol. The Labute approximate surface area is 141 Å². The van der Waals surface area contributed by atoms with E-state index in [4.69, 9.17) is 16.7 Å². The number of carbonyl (C=O) groups is 1. The molecular weight excluding hydrogens is 373 g/mol. The predicted octanol–water partition coefficient (Wildman–Crippen LogP) is 3.31. The van der Waals surface area contributed by atoms with E-state index >= 15 is 0 Å². The summed E-state index contributed by atoms with van der Waals surface area (Å²) >= 11 is 5.88. The molecule has 24 heavy (non-hydrogen) atoms. The molecule has 0 aromatic heterocycles. The molecule has 0 amide bonds. The SMILES string of the molecule is O=C(O)[C@H]1CC[C@@H](S(=O)(=O)c2ccc(OCC(F)(F)F)cc2Cl)C1. The second-order valence-corrected chi connectivity index (χ2v) is 8.12. The fourth-order valence-electron chi connectivity index (χ4n) is 2.59. The van der Waals surface area contributed by atoms with Crippen molar-refractivity contribution in [2.75, 3.05) is 6.61 Å². The lowest BCUT2D eigenvalue weighted by atomic mass is 10.1. The number of carboxylic acids is 1. The molecule has 0 heterocycles. The number of aliphatic carboxylic acids is 1. The zero-order valence-electron chi connectivity index (χ0n) is 12.2. The Morgan fingerprint density at radius 3 is 2.50 bits per heavy atom. The van der Waals surface area contributed by atoms with E-state index in [1.165, 1.54) is 0 Å². The summed E-state index contributed by atoms with van der Waals surface area (Å²) in [6.07, 6.45) is -4.08. The van der Waals surface area contributed by atoms with Crippen LogP contribution in [0.25, 0.3) is 0 Å². The smallest absolute Gasteiger partial charge is 0.422 e. The van der Waals surface area contributed by atoms with Crippen LogP contribution in [-0.4, -0.2) is 37.5 Å². The molecule has 0 spiro atoms. The molecule has 1 saturated carbocycles. The predicted molar refractivity (Wildman–Crippen MR) is 79.0 cm³/mol. The van der Waals surface area contributed by atoms with Crippen molar-refractivity contribution in [3.63, 3.8) is 0 Å². The normalized spacial score (nSPS) is 21.7. The van der Waals surface area contributed by atoms with Crippen molar-refractivity contribution >= 4 is 27.4 Å². The average Bonchev–Trinajstić information content (AvgIpc) is 2.95.